The molecule has 0 atom stereocenters. The Morgan fingerprint density at radius 1 is 1.57 bits per heavy atom. The zero-order chi connectivity index (χ0) is 5.28. The van der Waals surface area contributed by atoms with Crippen molar-refractivity contribution in [1.29, 1.82) is 0 Å². The van der Waals surface area contributed by atoms with Crippen molar-refractivity contribution in [3.05, 3.63) is 0 Å². The summed E-state index contributed by atoms with van der Waals surface area (Å²) in [7, 11) is 0. The molecule has 2 nitrogen and oxygen atoms in total. The molecule has 2 heteroatoms. The molecular formula is C5H9NO. The zero-order valence-corrected chi connectivity index (χ0v) is 4.18. The molecule has 7 heavy (non-hydrogen) atoms. The highest BCUT2D eigenvalue weighted by atomic mass is 16.1. The lowest BCUT2D eigenvalue weighted by atomic mass is 9.85. The first-order valence-electron chi connectivity index (χ1n) is 2.60. The van der Waals surface area contributed by atoms with Crippen molar-refractivity contribution in [1.82, 2.24) is 0 Å². The van der Waals surface area contributed by atoms with E-state index in [4.69, 9.17) is 5.73 Å². The van der Waals surface area contributed by atoms with E-state index < -0.39 is 0 Å². The van der Waals surface area contributed by atoms with Gasteiger partial charge in [-0.25, -0.2) is 0 Å². The molecule has 0 aromatic rings. The first-order chi connectivity index (χ1) is 3.30. The molecule has 1 aliphatic rings. The molecule has 0 bridgehead atoms. The Morgan fingerprint density at radius 2 is 2.14 bits per heavy atom. The Kier molecular flexibility index (Phi) is 1.01. The summed E-state index contributed by atoms with van der Waals surface area (Å²) in [5.41, 5.74) is 4.96. The van der Waals surface area contributed by atoms with E-state index in [1.54, 1.807) is 0 Å². The van der Waals surface area contributed by atoms with Crippen molar-refractivity contribution in [3.8, 4) is 0 Å². The lowest BCUT2D eigenvalue weighted by molar-refractivity contribution is -0.124. The third kappa shape index (κ3) is 0.734. The molecule has 0 spiro atoms. The number of amides is 1. The number of hydrogen-bond acceptors (Lipinski definition) is 1. The van der Waals surface area contributed by atoms with Crippen molar-refractivity contribution in [2.75, 3.05) is 0 Å². The Labute approximate surface area is 42.7 Å². The molecule has 1 amide bonds. The molecule has 1 aliphatic carbocycles. The maximum absolute atomic E-state index is 10.2. The van der Waals surface area contributed by atoms with Crippen LogP contribution < -0.4 is 5.73 Å². The molecule has 0 saturated heterocycles. The number of hydrogen-bond donors (Lipinski definition) is 1. The molecule has 0 radical (unpaired) electrons. The van der Waals surface area contributed by atoms with Crippen LogP contribution in [-0.4, -0.2) is 5.91 Å². The molecule has 1 fully saturated rings. The van der Waals surface area contributed by atoms with E-state index in [-0.39, 0.29) is 11.8 Å². The summed E-state index contributed by atoms with van der Waals surface area (Å²) >= 11 is 0. The maximum Gasteiger partial charge on any atom is 0.220 e. The van der Waals surface area contributed by atoms with Crippen molar-refractivity contribution >= 4 is 5.91 Å². The minimum atomic E-state index is -0.119. The average Bonchev–Trinajstić information content (AvgIpc) is 1.23. The highest BCUT2D eigenvalue weighted by molar-refractivity contribution is 5.77. The van der Waals surface area contributed by atoms with Crippen molar-refractivity contribution in [2.45, 2.75) is 19.3 Å². The lowest BCUT2D eigenvalue weighted by Gasteiger charge is -2.20. The molecule has 0 aliphatic heterocycles. The molecule has 1 saturated carbocycles. The number of carbonyl (C=O) groups is 1. The van der Waals surface area contributed by atoms with Gasteiger partial charge < -0.3 is 5.73 Å². The van der Waals surface area contributed by atoms with Gasteiger partial charge in [0.2, 0.25) is 5.91 Å². The standard InChI is InChI=1S/C5H9NO/c6-5(7)4-2-1-3-4/h4H,1-3H2,(H2,6,7). The van der Waals surface area contributed by atoms with Gasteiger partial charge in [0.1, 0.15) is 0 Å². The van der Waals surface area contributed by atoms with Gasteiger partial charge in [0, 0.05) is 5.92 Å². The first kappa shape index (κ1) is 4.62. The topological polar surface area (TPSA) is 43.1 Å². The monoisotopic (exact) mass is 99.1 g/mol. The van der Waals surface area contributed by atoms with Crippen LogP contribution in [0, 0.1) is 5.92 Å². The minimum absolute atomic E-state index is 0.119. The predicted octanol–water partition coefficient (Wildman–Crippen LogP) is 0.272. The fourth-order valence-electron chi connectivity index (χ4n) is 0.693. The number of rotatable bonds is 1. The fourth-order valence-corrected chi connectivity index (χ4v) is 0.693. The molecule has 40 valence electrons. The number of nitrogens with two attached hydrogens (primary N) is 1. The largest absolute Gasteiger partial charge is 0.369 e. The Balaban J connectivity index is 2.27. The molecule has 0 unspecified atom stereocenters. The second-order valence-corrected chi connectivity index (χ2v) is 2.03. The van der Waals surface area contributed by atoms with Gasteiger partial charge in [-0.3, -0.25) is 4.79 Å². The Hall–Kier alpha value is -0.530. The van der Waals surface area contributed by atoms with Gasteiger partial charge in [-0.1, -0.05) is 6.42 Å². The van der Waals surface area contributed by atoms with Crippen LogP contribution in [0.2, 0.25) is 0 Å². The summed E-state index contributed by atoms with van der Waals surface area (Å²) in [6.45, 7) is 0. The molecule has 0 aromatic carbocycles. The first-order valence-corrected chi connectivity index (χ1v) is 2.60. The van der Waals surface area contributed by atoms with E-state index in [2.05, 4.69) is 0 Å². The van der Waals surface area contributed by atoms with E-state index in [1.165, 1.54) is 6.42 Å². The van der Waals surface area contributed by atoms with E-state index >= 15 is 0 Å². The highest BCUT2D eigenvalue weighted by Crippen LogP contribution is 2.25. The minimum Gasteiger partial charge on any atom is -0.369 e. The van der Waals surface area contributed by atoms with Gasteiger partial charge in [-0.05, 0) is 12.8 Å². The van der Waals surface area contributed by atoms with Gasteiger partial charge in [0.25, 0.3) is 0 Å². The van der Waals surface area contributed by atoms with Gasteiger partial charge in [-0.15, -0.1) is 0 Å². The normalized spacial score (nSPS) is 21.1. The van der Waals surface area contributed by atoms with Crippen LogP contribution >= 0.6 is 0 Å². The molecular weight excluding hydrogens is 90.1 g/mol. The lowest BCUT2D eigenvalue weighted by Crippen LogP contribution is -2.28. The molecule has 1 rings (SSSR count). The van der Waals surface area contributed by atoms with Crippen molar-refractivity contribution < 1.29 is 4.79 Å². The Morgan fingerprint density at radius 3 is 2.14 bits per heavy atom. The molecule has 0 aromatic heterocycles. The number of primary amides is 1. The summed E-state index contributed by atoms with van der Waals surface area (Å²) in [4.78, 5) is 10.2. The molecule has 0 heterocycles. The van der Waals surface area contributed by atoms with Crippen LogP contribution in [0.4, 0.5) is 0 Å². The summed E-state index contributed by atoms with van der Waals surface area (Å²) in [6.07, 6.45) is 3.23. The van der Waals surface area contributed by atoms with E-state index in [1.807, 2.05) is 0 Å². The van der Waals surface area contributed by atoms with Gasteiger partial charge in [0.05, 0.1) is 0 Å². The van der Waals surface area contributed by atoms with Crippen LogP contribution in [0.5, 0.6) is 0 Å². The van der Waals surface area contributed by atoms with E-state index in [0.717, 1.165) is 12.8 Å². The van der Waals surface area contributed by atoms with Gasteiger partial charge in [-0.2, -0.15) is 0 Å². The second kappa shape index (κ2) is 1.52. The van der Waals surface area contributed by atoms with Crippen molar-refractivity contribution in [3.63, 3.8) is 0 Å². The smallest absolute Gasteiger partial charge is 0.220 e. The van der Waals surface area contributed by atoms with Crippen LogP contribution in [0.1, 0.15) is 19.3 Å². The zero-order valence-electron chi connectivity index (χ0n) is 4.18. The van der Waals surface area contributed by atoms with Crippen LogP contribution in [0.15, 0.2) is 0 Å². The van der Waals surface area contributed by atoms with Crippen LogP contribution in [-0.2, 0) is 4.79 Å². The van der Waals surface area contributed by atoms with Crippen LogP contribution in [0.3, 0.4) is 0 Å². The summed E-state index contributed by atoms with van der Waals surface area (Å²) in [5, 5.41) is 0. The third-order valence-corrected chi connectivity index (χ3v) is 1.51. The summed E-state index contributed by atoms with van der Waals surface area (Å²) in [6, 6.07) is 0. The summed E-state index contributed by atoms with van der Waals surface area (Å²) < 4.78 is 0. The van der Waals surface area contributed by atoms with Gasteiger partial charge >= 0.3 is 0 Å². The van der Waals surface area contributed by atoms with Crippen LogP contribution in [0.25, 0.3) is 0 Å². The van der Waals surface area contributed by atoms with E-state index in [0.29, 0.717) is 0 Å². The SMILES string of the molecule is NC(=O)C1CCC1. The van der Waals surface area contributed by atoms with Gasteiger partial charge in [0.15, 0.2) is 0 Å². The Bertz CT molecular complexity index is 86.1. The highest BCUT2D eigenvalue weighted by Gasteiger charge is 2.21. The third-order valence-electron chi connectivity index (χ3n) is 1.51. The average molecular weight is 99.1 g/mol. The quantitative estimate of drug-likeness (QED) is 0.504. The second-order valence-electron chi connectivity index (χ2n) is 2.03. The fraction of sp³-hybridized carbons (Fsp3) is 0.800. The van der Waals surface area contributed by atoms with Crippen molar-refractivity contribution in [2.24, 2.45) is 11.7 Å². The molecule has 2 N–H and O–H groups in total. The maximum atomic E-state index is 10.2. The van der Waals surface area contributed by atoms with E-state index in [9.17, 15) is 4.79 Å². The number of carbonyl (C=O) groups excluding carboxylic acids is 1. The predicted molar refractivity (Wildman–Crippen MR) is 26.5 cm³/mol. The summed E-state index contributed by atoms with van der Waals surface area (Å²) in [5.74, 6) is 0.103.